The Balaban J connectivity index is 2.65. The van der Waals surface area contributed by atoms with Gasteiger partial charge in [-0.3, -0.25) is 4.79 Å². The number of rotatable bonds is 3. The summed E-state index contributed by atoms with van der Waals surface area (Å²) in [5.74, 6) is 0.938. The number of carbonyl (C=O) groups is 1. The maximum Gasteiger partial charge on any atom is 0.226 e. The number of hydrogen-bond acceptors (Lipinski definition) is 2. The van der Waals surface area contributed by atoms with E-state index >= 15 is 0 Å². The molecular formula is C14H21NO2. The summed E-state index contributed by atoms with van der Waals surface area (Å²) in [7, 11) is 3.53. The van der Waals surface area contributed by atoms with Crippen LogP contribution in [0.5, 0.6) is 5.75 Å². The van der Waals surface area contributed by atoms with E-state index in [1.54, 1.807) is 19.0 Å². The second kappa shape index (κ2) is 5.21. The first-order valence-electron chi connectivity index (χ1n) is 5.76. The van der Waals surface area contributed by atoms with Crippen molar-refractivity contribution in [1.82, 2.24) is 4.90 Å². The molecule has 0 aliphatic heterocycles. The number of benzene rings is 1. The number of likely N-dealkylation sites (N-methyl/N-ethyl adjacent to an activating group) is 1. The van der Waals surface area contributed by atoms with Gasteiger partial charge in [-0.25, -0.2) is 0 Å². The highest BCUT2D eigenvalue weighted by Gasteiger charge is 2.11. The zero-order valence-electron chi connectivity index (χ0n) is 11.3. The van der Waals surface area contributed by atoms with Crippen LogP contribution in [-0.2, 0) is 11.2 Å². The van der Waals surface area contributed by atoms with Crippen molar-refractivity contribution in [2.75, 3.05) is 14.1 Å². The lowest BCUT2D eigenvalue weighted by Gasteiger charge is -2.21. The highest BCUT2D eigenvalue weighted by Crippen LogP contribution is 2.18. The minimum Gasteiger partial charge on any atom is -0.488 e. The van der Waals surface area contributed by atoms with Crippen LogP contribution >= 0.6 is 0 Å². The molecule has 0 atom stereocenters. The zero-order chi connectivity index (χ0) is 13.1. The van der Waals surface area contributed by atoms with Crippen molar-refractivity contribution < 1.29 is 9.53 Å². The molecule has 0 unspecified atom stereocenters. The van der Waals surface area contributed by atoms with E-state index in [1.165, 1.54) is 0 Å². The fraction of sp³-hybridized carbons (Fsp3) is 0.500. The van der Waals surface area contributed by atoms with Crippen molar-refractivity contribution in [3.05, 3.63) is 29.8 Å². The second-order valence-electron chi connectivity index (χ2n) is 5.32. The second-order valence-corrected chi connectivity index (χ2v) is 5.32. The summed E-state index contributed by atoms with van der Waals surface area (Å²) in [4.78, 5) is 13.1. The Morgan fingerprint density at radius 2 is 1.71 bits per heavy atom. The Bertz CT molecular complexity index is 374. The molecule has 0 bridgehead atoms. The Labute approximate surface area is 103 Å². The van der Waals surface area contributed by atoms with Crippen molar-refractivity contribution in [1.29, 1.82) is 0 Å². The van der Waals surface area contributed by atoms with E-state index in [1.807, 2.05) is 45.0 Å². The minimum absolute atomic E-state index is 0.106. The van der Waals surface area contributed by atoms with Gasteiger partial charge in [-0.05, 0) is 38.5 Å². The molecule has 0 saturated heterocycles. The summed E-state index contributed by atoms with van der Waals surface area (Å²) in [5, 5.41) is 0. The summed E-state index contributed by atoms with van der Waals surface area (Å²) in [6.07, 6.45) is 0.433. The van der Waals surface area contributed by atoms with Crippen molar-refractivity contribution in [3.8, 4) is 5.75 Å². The van der Waals surface area contributed by atoms with Crippen molar-refractivity contribution in [2.45, 2.75) is 32.8 Å². The van der Waals surface area contributed by atoms with E-state index in [9.17, 15) is 4.79 Å². The predicted octanol–water partition coefficient (Wildman–Crippen LogP) is 2.49. The van der Waals surface area contributed by atoms with E-state index in [0.717, 1.165) is 11.3 Å². The maximum absolute atomic E-state index is 11.5. The highest BCUT2D eigenvalue weighted by atomic mass is 16.5. The molecule has 0 radical (unpaired) electrons. The van der Waals surface area contributed by atoms with E-state index in [2.05, 4.69) is 0 Å². The monoisotopic (exact) mass is 235 g/mol. The molecule has 0 aliphatic carbocycles. The summed E-state index contributed by atoms with van der Waals surface area (Å²) >= 11 is 0. The molecule has 0 aromatic heterocycles. The summed E-state index contributed by atoms with van der Waals surface area (Å²) < 4.78 is 5.71. The normalized spacial score (nSPS) is 11.1. The molecular weight excluding hydrogens is 214 g/mol. The van der Waals surface area contributed by atoms with Crippen molar-refractivity contribution in [3.63, 3.8) is 0 Å². The molecule has 3 nitrogen and oxygen atoms in total. The number of hydrogen-bond donors (Lipinski definition) is 0. The van der Waals surface area contributed by atoms with Gasteiger partial charge in [0, 0.05) is 14.1 Å². The number of nitrogens with zero attached hydrogens (tertiary/aromatic N) is 1. The van der Waals surface area contributed by atoms with Crippen molar-refractivity contribution >= 4 is 5.91 Å². The predicted molar refractivity (Wildman–Crippen MR) is 69.2 cm³/mol. The Morgan fingerprint density at radius 3 is 2.12 bits per heavy atom. The van der Waals surface area contributed by atoms with E-state index in [-0.39, 0.29) is 11.5 Å². The van der Waals surface area contributed by atoms with Crippen LogP contribution in [0.15, 0.2) is 24.3 Å². The molecule has 1 aromatic carbocycles. The van der Waals surface area contributed by atoms with Gasteiger partial charge in [0.25, 0.3) is 0 Å². The van der Waals surface area contributed by atoms with Crippen LogP contribution in [0.2, 0.25) is 0 Å². The Hall–Kier alpha value is -1.51. The van der Waals surface area contributed by atoms with Gasteiger partial charge in [0.2, 0.25) is 5.91 Å². The average molecular weight is 235 g/mol. The van der Waals surface area contributed by atoms with Crippen LogP contribution in [0.4, 0.5) is 0 Å². The van der Waals surface area contributed by atoms with E-state index < -0.39 is 0 Å². The number of amides is 1. The maximum atomic E-state index is 11.5. The molecule has 1 rings (SSSR count). The lowest BCUT2D eigenvalue weighted by atomic mass is 10.1. The molecule has 1 amide bonds. The fourth-order valence-electron chi connectivity index (χ4n) is 1.36. The van der Waals surface area contributed by atoms with E-state index in [4.69, 9.17) is 4.74 Å². The topological polar surface area (TPSA) is 29.5 Å². The smallest absolute Gasteiger partial charge is 0.226 e. The van der Waals surface area contributed by atoms with Crippen LogP contribution in [0.1, 0.15) is 26.3 Å². The SMILES string of the molecule is CN(C)C(=O)Cc1ccc(OC(C)(C)C)cc1. The third-order valence-electron chi connectivity index (χ3n) is 2.20. The van der Waals surface area contributed by atoms with Crippen LogP contribution in [-0.4, -0.2) is 30.5 Å². The van der Waals surface area contributed by atoms with Crippen LogP contribution < -0.4 is 4.74 Å². The summed E-state index contributed by atoms with van der Waals surface area (Å²) in [5.41, 5.74) is 0.811. The van der Waals surface area contributed by atoms with Gasteiger partial charge < -0.3 is 9.64 Å². The molecule has 0 N–H and O–H groups in total. The fourth-order valence-corrected chi connectivity index (χ4v) is 1.36. The Kier molecular flexibility index (Phi) is 4.16. The van der Waals surface area contributed by atoms with Gasteiger partial charge >= 0.3 is 0 Å². The van der Waals surface area contributed by atoms with Gasteiger partial charge in [-0.1, -0.05) is 12.1 Å². The molecule has 3 heteroatoms. The van der Waals surface area contributed by atoms with Crippen LogP contribution in [0.25, 0.3) is 0 Å². The lowest BCUT2D eigenvalue weighted by Crippen LogP contribution is -2.24. The molecule has 0 fully saturated rings. The summed E-state index contributed by atoms with van der Waals surface area (Å²) in [6.45, 7) is 6.03. The number of carbonyl (C=O) groups excluding carboxylic acids is 1. The molecule has 0 saturated carbocycles. The van der Waals surface area contributed by atoms with Gasteiger partial charge in [-0.15, -0.1) is 0 Å². The van der Waals surface area contributed by atoms with E-state index in [0.29, 0.717) is 6.42 Å². The molecule has 17 heavy (non-hydrogen) atoms. The molecule has 0 aliphatic rings. The minimum atomic E-state index is -0.193. The number of ether oxygens (including phenoxy) is 1. The van der Waals surface area contributed by atoms with Crippen LogP contribution in [0, 0.1) is 0 Å². The van der Waals surface area contributed by atoms with Gasteiger partial charge in [0.1, 0.15) is 11.4 Å². The first-order chi connectivity index (χ1) is 7.78. The molecule has 0 heterocycles. The first-order valence-corrected chi connectivity index (χ1v) is 5.76. The quantitative estimate of drug-likeness (QED) is 0.805. The van der Waals surface area contributed by atoms with Gasteiger partial charge in [-0.2, -0.15) is 0 Å². The zero-order valence-corrected chi connectivity index (χ0v) is 11.3. The first kappa shape index (κ1) is 13.6. The molecule has 0 spiro atoms. The van der Waals surface area contributed by atoms with Gasteiger partial charge in [0.15, 0.2) is 0 Å². The standard InChI is InChI=1S/C14H21NO2/c1-14(2,3)17-12-8-6-11(7-9-12)10-13(16)15(4)5/h6-9H,10H2,1-5H3. The highest BCUT2D eigenvalue weighted by molar-refractivity contribution is 5.78. The third-order valence-corrected chi connectivity index (χ3v) is 2.20. The molecule has 1 aromatic rings. The third kappa shape index (κ3) is 4.89. The molecule has 94 valence electrons. The summed E-state index contributed by atoms with van der Waals surface area (Å²) in [6, 6.07) is 7.68. The van der Waals surface area contributed by atoms with Crippen molar-refractivity contribution in [2.24, 2.45) is 0 Å². The van der Waals surface area contributed by atoms with Gasteiger partial charge in [0.05, 0.1) is 6.42 Å². The lowest BCUT2D eigenvalue weighted by molar-refractivity contribution is -0.127. The Morgan fingerprint density at radius 1 is 1.18 bits per heavy atom. The average Bonchev–Trinajstić information content (AvgIpc) is 2.18. The largest absolute Gasteiger partial charge is 0.488 e. The van der Waals surface area contributed by atoms with Crippen LogP contribution in [0.3, 0.4) is 0 Å².